The zero-order chi connectivity index (χ0) is 20.7. The Bertz CT molecular complexity index is 1280. The van der Waals surface area contributed by atoms with Crippen molar-refractivity contribution in [2.24, 2.45) is 0 Å². The van der Waals surface area contributed by atoms with Crippen molar-refractivity contribution in [3.63, 3.8) is 0 Å². The van der Waals surface area contributed by atoms with E-state index in [1.165, 1.54) is 0 Å². The molecule has 0 saturated heterocycles. The highest BCUT2D eigenvalue weighted by atomic mass is 35.5. The van der Waals surface area contributed by atoms with Gasteiger partial charge in [-0.1, -0.05) is 35.9 Å². The average Bonchev–Trinajstić information content (AvgIpc) is 3.20. The Morgan fingerprint density at radius 1 is 0.967 bits per heavy atom. The van der Waals surface area contributed by atoms with E-state index in [-0.39, 0.29) is 11.8 Å². The van der Waals surface area contributed by atoms with E-state index in [4.69, 9.17) is 11.6 Å². The molecular formula is C23H17ClN4O2. The summed E-state index contributed by atoms with van der Waals surface area (Å²) >= 11 is 5.99. The van der Waals surface area contributed by atoms with Gasteiger partial charge in [0, 0.05) is 29.2 Å². The summed E-state index contributed by atoms with van der Waals surface area (Å²) in [5, 5.41) is 7.12. The fourth-order valence-corrected chi connectivity index (χ4v) is 3.92. The van der Waals surface area contributed by atoms with E-state index in [0.717, 1.165) is 27.7 Å². The standard InChI is InChI=1S/C23H17ClN4O2/c24-15-5-6-19-18(12-15)22(29)28-20(23(30)27-19)11-13-1-3-14(4-2-13)16-7-9-25-21-17(16)8-10-26-21/h1-10,12,20H,11H2,(H,25,26)(H,27,30)(H,28,29). The van der Waals surface area contributed by atoms with E-state index in [1.807, 2.05) is 42.6 Å². The van der Waals surface area contributed by atoms with Gasteiger partial charge in [0.05, 0.1) is 11.3 Å². The number of H-pyrrole nitrogens is 1. The van der Waals surface area contributed by atoms with E-state index in [9.17, 15) is 9.59 Å². The number of benzene rings is 2. The Labute approximate surface area is 177 Å². The topological polar surface area (TPSA) is 86.9 Å². The summed E-state index contributed by atoms with van der Waals surface area (Å²) in [7, 11) is 0. The van der Waals surface area contributed by atoms with Gasteiger partial charge in [-0.15, -0.1) is 0 Å². The number of nitrogens with one attached hydrogen (secondary N) is 3. The van der Waals surface area contributed by atoms with Crippen molar-refractivity contribution in [3.8, 4) is 11.1 Å². The number of carbonyl (C=O) groups is 2. The van der Waals surface area contributed by atoms with E-state index in [2.05, 4.69) is 20.6 Å². The molecule has 2 amide bonds. The van der Waals surface area contributed by atoms with Gasteiger partial charge in [-0.2, -0.15) is 0 Å². The average molecular weight is 417 g/mol. The number of halogens is 1. The van der Waals surface area contributed by atoms with Gasteiger partial charge in [0.1, 0.15) is 11.7 Å². The molecule has 1 aliphatic rings. The van der Waals surface area contributed by atoms with Gasteiger partial charge < -0.3 is 15.6 Å². The molecule has 1 unspecified atom stereocenters. The number of carbonyl (C=O) groups excluding carboxylic acids is 2. The van der Waals surface area contributed by atoms with Crippen LogP contribution < -0.4 is 10.6 Å². The largest absolute Gasteiger partial charge is 0.346 e. The minimum atomic E-state index is -0.674. The second kappa shape index (κ2) is 7.31. The zero-order valence-corrected chi connectivity index (χ0v) is 16.5. The first-order valence-electron chi connectivity index (χ1n) is 9.51. The van der Waals surface area contributed by atoms with Crippen LogP contribution in [-0.2, 0) is 11.2 Å². The molecule has 0 aliphatic carbocycles. The quantitative estimate of drug-likeness (QED) is 0.468. The van der Waals surface area contributed by atoms with Crippen LogP contribution in [0.15, 0.2) is 67.0 Å². The molecule has 1 aliphatic heterocycles. The first kappa shape index (κ1) is 18.4. The van der Waals surface area contributed by atoms with Crippen LogP contribution in [0.3, 0.4) is 0 Å². The number of nitrogens with zero attached hydrogens (tertiary/aromatic N) is 1. The molecule has 0 fully saturated rings. The van der Waals surface area contributed by atoms with Crippen LogP contribution in [-0.4, -0.2) is 27.8 Å². The van der Waals surface area contributed by atoms with E-state index < -0.39 is 6.04 Å². The summed E-state index contributed by atoms with van der Waals surface area (Å²) < 4.78 is 0. The van der Waals surface area contributed by atoms with Crippen LogP contribution >= 0.6 is 11.6 Å². The molecule has 6 nitrogen and oxygen atoms in total. The van der Waals surface area contributed by atoms with Crippen LogP contribution in [0.25, 0.3) is 22.2 Å². The van der Waals surface area contributed by atoms with Crippen molar-refractivity contribution < 1.29 is 9.59 Å². The second-order valence-electron chi connectivity index (χ2n) is 7.20. The van der Waals surface area contributed by atoms with Crippen molar-refractivity contribution in [3.05, 3.63) is 83.1 Å². The molecule has 4 aromatic rings. The lowest BCUT2D eigenvalue weighted by molar-refractivity contribution is -0.117. The molecule has 5 rings (SSSR count). The minimum Gasteiger partial charge on any atom is -0.346 e. The monoisotopic (exact) mass is 416 g/mol. The van der Waals surface area contributed by atoms with Crippen molar-refractivity contribution >= 4 is 40.1 Å². The number of hydrogen-bond acceptors (Lipinski definition) is 3. The van der Waals surface area contributed by atoms with Gasteiger partial charge >= 0.3 is 0 Å². The molecule has 0 bridgehead atoms. The van der Waals surface area contributed by atoms with Crippen LogP contribution in [0, 0.1) is 0 Å². The predicted octanol–water partition coefficient (Wildman–Crippen LogP) is 4.18. The summed E-state index contributed by atoms with van der Waals surface area (Å²) in [6.45, 7) is 0. The Morgan fingerprint density at radius 2 is 1.80 bits per heavy atom. The molecule has 0 spiro atoms. The Balaban J connectivity index is 1.38. The number of amides is 2. The summed E-state index contributed by atoms with van der Waals surface area (Å²) in [5.41, 5.74) is 4.76. The molecule has 7 heteroatoms. The zero-order valence-electron chi connectivity index (χ0n) is 15.8. The van der Waals surface area contributed by atoms with Gasteiger partial charge in [-0.3, -0.25) is 9.59 Å². The maximum absolute atomic E-state index is 12.6. The van der Waals surface area contributed by atoms with Gasteiger partial charge in [-0.05, 0) is 47.0 Å². The van der Waals surface area contributed by atoms with Crippen molar-refractivity contribution in [1.82, 2.24) is 15.3 Å². The number of rotatable bonds is 3. The lowest BCUT2D eigenvalue weighted by Gasteiger charge is -2.15. The van der Waals surface area contributed by atoms with Crippen molar-refractivity contribution in [2.75, 3.05) is 5.32 Å². The summed E-state index contributed by atoms with van der Waals surface area (Å²) in [5.74, 6) is -0.573. The number of anilines is 1. The third-order valence-corrected chi connectivity index (χ3v) is 5.51. The van der Waals surface area contributed by atoms with E-state index in [1.54, 1.807) is 24.4 Å². The molecule has 2 aromatic carbocycles. The Kier molecular flexibility index (Phi) is 4.48. The van der Waals surface area contributed by atoms with E-state index >= 15 is 0 Å². The molecular weight excluding hydrogens is 400 g/mol. The van der Waals surface area contributed by atoms with Gasteiger partial charge in [0.25, 0.3) is 5.91 Å². The summed E-state index contributed by atoms with van der Waals surface area (Å²) in [4.78, 5) is 32.7. The Morgan fingerprint density at radius 3 is 2.63 bits per heavy atom. The fourth-order valence-electron chi connectivity index (χ4n) is 3.75. The highest BCUT2D eigenvalue weighted by Crippen LogP contribution is 2.28. The van der Waals surface area contributed by atoms with Gasteiger partial charge in [0.15, 0.2) is 0 Å². The maximum Gasteiger partial charge on any atom is 0.254 e. The first-order chi connectivity index (χ1) is 14.6. The van der Waals surface area contributed by atoms with E-state index in [0.29, 0.717) is 22.7 Å². The summed E-state index contributed by atoms with van der Waals surface area (Å²) in [6, 6.07) is 16.1. The smallest absolute Gasteiger partial charge is 0.254 e. The molecule has 1 atom stereocenters. The number of hydrogen-bond donors (Lipinski definition) is 3. The minimum absolute atomic E-state index is 0.253. The van der Waals surface area contributed by atoms with Crippen LogP contribution in [0.4, 0.5) is 5.69 Å². The highest BCUT2D eigenvalue weighted by molar-refractivity contribution is 6.31. The lowest BCUT2D eigenvalue weighted by atomic mass is 9.99. The van der Waals surface area contributed by atoms with Crippen LogP contribution in [0.2, 0.25) is 5.02 Å². The van der Waals surface area contributed by atoms with Crippen LogP contribution in [0.1, 0.15) is 15.9 Å². The van der Waals surface area contributed by atoms with Crippen molar-refractivity contribution in [1.29, 1.82) is 0 Å². The number of aromatic nitrogens is 2. The maximum atomic E-state index is 12.6. The molecule has 0 radical (unpaired) electrons. The molecule has 0 saturated carbocycles. The normalized spacial score (nSPS) is 16.0. The van der Waals surface area contributed by atoms with Gasteiger partial charge in [0.2, 0.25) is 5.91 Å². The molecule has 3 heterocycles. The van der Waals surface area contributed by atoms with Crippen molar-refractivity contribution in [2.45, 2.75) is 12.5 Å². The van der Waals surface area contributed by atoms with Gasteiger partial charge in [-0.25, -0.2) is 4.98 Å². The third kappa shape index (κ3) is 3.31. The SMILES string of the molecule is O=C1NC(Cc2ccc(-c3ccnc4[nH]ccc34)cc2)C(=O)Nc2ccc(Cl)cc21. The molecule has 3 N–H and O–H groups in total. The molecule has 148 valence electrons. The Hall–Kier alpha value is -3.64. The number of pyridine rings is 1. The fraction of sp³-hybridized carbons (Fsp3) is 0.0870. The number of aromatic amines is 1. The molecule has 30 heavy (non-hydrogen) atoms. The first-order valence-corrected chi connectivity index (χ1v) is 9.89. The predicted molar refractivity (Wildman–Crippen MR) is 117 cm³/mol. The third-order valence-electron chi connectivity index (χ3n) is 5.27. The number of fused-ring (bicyclic) bond motifs is 2. The van der Waals surface area contributed by atoms with Crippen LogP contribution in [0.5, 0.6) is 0 Å². The lowest BCUT2D eigenvalue weighted by Crippen LogP contribution is -2.42. The highest BCUT2D eigenvalue weighted by Gasteiger charge is 2.28. The molecule has 2 aromatic heterocycles. The second-order valence-corrected chi connectivity index (χ2v) is 7.64. The summed E-state index contributed by atoms with van der Waals surface area (Å²) in [6.07, 6.45) is 4.03.